The Balaban J connectivity index is 4.26. The molecule has 79 heavy (non-hydrogen) atoms. The van der Waals surface area contributed by atoms with Gasteiger partial charge in [-0.05, 0) is 116 Å². The lowest BCUT2D eigenvalue weighted by molar-refractivity contribution is -0.167. The lowest BCUT2D eigenvalue weighted by atomic mass is 10.0. The molecule has 0 rings (SSSR count). The number of unbranched alkanes of at least 4 members (excludes halogenated alkanes) is 37. The Hall–Kier alpha value is -3.41. The van der Waals surface area contributed by atoms with Crippen LogP contribution in [0.5, 0.6) is 0 Å². The van der Waals surface area contributed by atoms with Crippen LogP contribution in [0.1, 0.15) is 342 Å². The third-order valence-electron chi connectivity index (χ3n) is 14.8. The molecule has 0 aromatic heterocycles. The summed E-state index contributed by atoms with van der Waals surface area (Å²) >= 11 is 0. The summed E-state index contributed by atoms with van der Waals surface area (Å²) in [5.41, 5.74) is 0. The number of hydrogen-bond donors (Lipinski definition) is 0. The molecule has 456 valence electrons. The molecule has 0 fully saturated rings. The largest absolute Gasteiger partial charge is 0.462 e. The smallest absolute Gasteiger partial charge is 0.306 e. The van der Waals surface area contributed by atoms with Crippen LogP contribution in [0.4, 0.5) is 0 Å². The molecule has 1 atom stereocenters. The molecule has 0 aliphatic rings. The second kappa shape index (κ2) is 67.1. The van der Waals surface area contributed by atoms with Crippen molar-refractivity contribution < 1.29 is 28.6 Å². The lowest BCUT2D eigenvalue weighted by Gasteiger charge is -2.18. The summed E-state index contributed by atoms with van der Waals surface area (Å²) < 4.78 is 16.9. The Labute approximate surface area is 490 Å². The van der Waals surface area contributed by atoms with Crippen molar-refractivity contribution in [2.45, 2.75) is 348 Å². The number of rotatable bonds is 62. The molecule has 0 saturated carbocycles. The maximum absolute atomic E-state index is 12.9. The van der Waals surface area contributed by atoms with Crippen LogP contribution >= 0.6 is 0 Å². The van der Waals surface area contributed by atoms with Gasteiger partial charge in [0.25, 0.3) is 0 Å². The van der Waals surface area contributed by atoms with E-state index in [9.17, 15) is 14.4 Å². The van der Waals surface area contributed by atoms with Gasteiger partial charge in [0.2, 0.25) is 0 Å². The normalized spacial score (nSPS) is 12.6. The average Bonchev–Trinajstić information content (AvgIpc) is 3.45. The maximum Gasteiger partial charge on any atom is 0.306 e. The molecule has 0 aromatic rings. The minimum Gasteiger partial charge on any atom is -0.462 e. The van der Waals surface area contributed by atoms with E-state index < -0.39 is 6.10 Å². The van der Waals surface area contributed by atoms with Crippen molar-refractivity contribution in [3.8, 4) is 0 Å². The van der Waals surface area contributed by atoms with Gasteiger partial charge in [0.1, 0.15) is 13.2 Å². The first-order chi connectivity index (χ1) is 39.0. The SMILES string of the molecule is CCCC/C=C\CCCCCCCC(=O)OCC(COC(=O)CCCCCCCCCCCCCC/C=C\C/C=C\C/C=C\CCCCCCC)OC(=O)CCCCCCCCCC/C=C\C/C=C\C/C=C\CCCCCCC. The first-order valence-corrected chi connectivity index (χ1v) is 34.1. The molecule has 0 amide bonds. The van der Waals surface area contributed by atoms with Gasteiger partial charge in [0.15, 0.2) is 6.10 Å². The van der Waals surface area contributed by atoms with Crippen LogP contribution in [0.2, 0.25) is 0 Å². The average molecular weight is 1100 g/mol. The van der Waals surface area contributed by atoms with E-state index >= 15 is 0 Å². The molecular formula is C73H128O6. The molecule has 0 radical (unpaired) electrons. The molecule has 0 spiro atoms. The Kier molecular flexibility index (Phi) is 64.2. The fourth-order valence-electron chi connectivity index (χ4n) is 9.68. The highest BCUT2D eigenvalue weighted by Gasteiger charge is 2.19. The topological polar surface area (TPSA) is 78.9 Å². The van der Waals surface area contributed by atoms with E-state index in [1.807, 2.05) is 0 Å². The van der Waals surface area contributed by atoms with Gasteiger partial charge < -0.3 is 14.2 Å². The predicted octanol–water partition coefficient (Wildman–Crippen LogP) is 23.4. The van der Waals surface area contributed by atoms with E-state index in [1.54, 1.807) is 0 Å². The highest BCUT2D eigenvalue weighted by Crippen LogP contribution is 2.16. The van der Waals surface area contributed by atoms with Gasteiger partial charge in [-0.25, -0.2) is 0 Å². The molecule has 0 N–H and O–H groups in total. The Bertz CT molecular complexity index is 1500. The lowest BCUT2D eigenvalue weighted by Crippen LogP contribution is -2.30. The summed E-state index contributed by atoms with van der Waals surface area (Å²) in [7, 11) is 0. The molecule has 6 heteroatoms. The van der Waals surface area contributed by atoms with Gasteiger partial charge in [0.05, 0.1) is 0 Å². The van der Waals surface area contributed by atoms with E-state index in [-0.39, 0.29) is 31.1 Å². The summed E-state index contributed by atoms with van der Waals surface area (Å²) in [6, 6.07) is 0. The third-order valence-corrected chi connectivity index (χ3v) is 14.8. The van der Waals surface area contributed by atoms with Crippen molar-refractivity contribution in [3.63, 3.8) is 0 Å². The number of carbonyl (C=O) groups is 3. The molecule has 0 aromatic carbocycles. The van der Waals surface area contributed by atoms with E-state index in [1.165, 1.54) is 205 Å². The maximum atomic E-state index is 12.9. The van der Waals surface area contributed by atoms with Crippen LogP contribution in [0.15, 0.2) is 85.1 Å². The predicted molar refractivity (Wildman–Crippen MR) is 344 cm³/mol. The van der Waals surface area contributed by atoms with Crippen molar-refractivity contribution in [2.75, 3.05) is 13.2 Å². The summed E-state index contributed by atoms with van der Waals surface area (Å²) in [6.45, 7) is 6.60. The highest BCUT2D eigenvalue weighted by molar-refractivity contribution is 5.71. The number of allylic oxidation sites excluding steroid dienone is 14. The zero-order valence-corrected chi connectivity index (χ0v) is 52.4. The van der Waals surface area contributed by atoms with Crippen molar-refractivity contribution in [3.05, 3.63) is 85.1 Å². The highest BCUT2D eigenvalue weighted by atomic mass is 16.6. The van der Waals surface area contributed by atoms with Crippen LogP contribution in [-0.4, -0.2) is 37.2 Å². The Morgan fingerprint density at radius 1 is 0.253 bits per heavy atom. The second-order valence-corrected chi connectivity index (χ2v) is 22.7. The minimum atomic E-state index is -0.786. The number of hydrogen-bond acceptors (Lipinski definition) is 6. The molecule has 1 unspecified atom stereocenters. The molecule has 0 saturated heterocycles. The van der Waals surface area contributed by atoms with Crippen molar-refractivity contribution in [1.82, 2.24) is 0 Å². The standard InChI is InChI=1S/C73H128O6/c1-4-7-10-13-16-19-22-24-26-28-30-32-34-35-36-37-39-40-42-44-46-48-51-54-57-60-63-66-72(75)78-69-70(68-77-71(74)65-62-59-56-53-50-21-18-15-12-9-6-3)79-73(76)67-64-61-58-55-52-49-47-45-43-41-38-33-31-29-27-25-23-20-17-14-11-8-5-2/h15,18,22-25,28-31,34-35,38,41,70H,4-14,16-17,19-21,26-27,32-33,36-37,39-40,42-69H2,1-3H3/b18-15-,24-22-,25-23-,30-28-,31-29-,35-34-,41-38-. The minimum absolute atomic E-state index is 0.0819. The van der Waals surface area contributed by atoms with E-state index in [0.29, 0.717) is 19.3 Å². The zero-order valence-electron chi connectivity index (χ0n) is 52.4. The monoisotopic (exact) mass is 1100 g/mol. The van der Waals surface area contributed by atoms with Crippen LogP contribution in [-0.2, 0) is 28.6 Å². The molecule has 0 aliphatic heterocycles. The quantitative estimate of drug-likeness (QED) is 0.0261. The van der Waals surface area contributed by atoms with E-state index in [2.05, 4.69) is 106 Å². The molecule has 0 aliphatic carbocycles. The molecule has 0 bridgehead atoms. The first-order valence-electron chi connectivity index (χ1n) is 34.1. The fraction of sp³-hybridized carbons (Fsp3) is 0.767. The van der Waals surface area contributed by atoms with Gasteiger partial charge in [-0.2, -0.15) is 0 Å². The van der Waals surface area contributed by atoms with Crippen LogP contribution < -0.4 is 0 Å². The van der Waals surface area contributed by atoms with Crippen LogP contribution in [0.3, 0.4) is 0 Å². The van der Waals surface area contributed by atoms with Gasteiger partial charge >= 0.3 is 17.9 Å². The number of esters is 3. The van der Waals surface area contributed by atoms with Gasteiger partial charge in [-0.15, -0.1) is 0 Å². The first kappa shape index (κ1) is 75.6. The summed E-state index contributed by atoms with van der Waals surface area (Å²) in [5, 5.41) is 0. The van der Waals surface area contributed by atoms with Crippen molar-refractivity contribution >= 4 is 17.9 Å². The molecule has 6 nitrogen and oxygen atoms in total. The third kappa shape index (κ3) is 65.3. The van der Waals surface area contributed by atoms with E-state index in [0.717, 1.165) is 96.3 Å². The fourth-order valence-corrected chi connectivity index (χ4v) is 9.68. The van der Waals surface area contributed by atoms with Gasteiger partial charge in [-0.3, -0.25) is 14.4 Å². The van der Waals surface area contributed by atoms with Gasteiger partial charge in [-0.1, -0.05) is 292 Å². The van der Waals surface area contributed by atoms with Crippen molar-refractivity contribution in [2.24, 2.45) is 0 Å². The summed E-state index contributed by atoms with van der Waals surface area (Å²) in [6.07, 6.45) is 88.9. The summed E-state index contributed by atoms with van der Waals surface area (Å²) in [4.78, 5) is 38.3. The van der Waals surface area contributed by atoms with Crippen LogP contribution in [0, 0.1) is 0 Å². The second-order valence-electron chi connectivity index (χ2n) is 22.7. The van der Waals surface area contributed by atoms with Gasteiger partial charge in [0, 0.05) is 19.3 Å². The van der Waals surface area contributed by atoms with Crippen LogP contribution in [0.25, 0.3) is 0 Å². The zero-order chi connectivity index (χ0) is 57.1. The Morgan fingerprint density at radius 3 is 0.759 bits per heavy atom. The summed E-state index contributed by atoms with van der Waals surface area (Å²) in [5.74, 6) is -0.888. The Morgan fingerprint density at radius 2 is 0.468 bits per heavy atom. The number of carbonyl (C=O) groups excluding carboxylic acids is 3. The van der Waals surface area contributed by atoms with E-state index in [4.69, 9.17) is 14.2 Å². The molecular weight excluding hydrogens is 973 g/mol. The molecule has 0 heterocycles. The van der Waals surface area contributed by atoms with Crippen molar-refractivity contribution in [1.29, 1.82) is 0 Å². The number of ether oxygens (including phenoxy) is 3.